The molecular weight excluding hydrogens is 250 g/mol. The van der Waals surface area contributed by atoms with E-state index >= 15 is 0 Å². The van der Waals surface area contributed by atoms with Crippen molar-refractivity contribution in [3.05, 3.63) is 36.4 Å². The van der Waals surface area contributed by atoms with Gasteiger partial charge in [-0.25, -0.2) is 0 Å². The minimum absolute atomic E-state index is 0.220. The van der Waals surface area contributed by atoms with Crippen LogP contribution in [0.4, 0.5) is 5.69 Å². The minimum Gasteiger partial charge on any atom is -0.496 e. The minimum atomic E-state index is -0.552. The Morgan fingerprint density at radius 2 is 2.11 bits per heavy atom. The van der Waals surface area contributed by atoms with Gasteiger partial charge in [0, 0.05) is 23.7 Å². The number of halogens is 1. The van der Waals surface area contributed by atoms with E-state index in [9.17, 15) is 5.11 Å². The highest BCUT2D eigenvalue weighted by Crippen LogP contribution is 2.29. The second kappa shape index (κ2) is 5.94. The van der Waals surface area contributed by atoms with Crippen molar-refractivity contribution in [1.82, 2.24) is 0 Å². The Morgan fingerprint density at radius 3 is 2.83 bits per heavy atom. The molecule has 2 rings (SSSR count). The number of alkyl halides is 1. The van der Waals surface area contributed by atoms with Crippen LogP contribution in [0.2, 0.25) is 0 Å². The molecular formula is C14H16ClNO2. The molecule has 4 heteroatoms. The third-order valence-corrected chi connectivity index (χ3v) is 3.12. The maximum absolute atomic E-state index is 9.43. The molecule has 2 aromatic carbocycles. The molecule has 2 N–H and O–H groups in total. The Labute approximate surface area is 111 Å². The van der Waals surface area contributed by atoms with Crippen LogP contribution in [-0.4, -0.2) is 30.7 Å². The Balaban J connectivity index is 2.29. The van der Waals surface area contributed by atoms with Crippen molar-refractivity contribution in [3.63, 3.8) is 0 Å². The Hall–Kier alpha value is -1.45. The van der Waals surface area contributed by atoms with Gasteiger partial charge in [0.05, 0.1) is 19.1 Å². The molecule has 3 nitrogen and oxygen atoms in total. The fraction of sp³-hybridized carbons (Fsp3) is 0.286. The number of methoxy groups -OCH3 is 1. The van der Waals surface area contributed by atoms with Gasteiger partial charge in [0.15, 0.2) is 0 Å². The predicted molar refractivity (Wildman–Crippen MR) is 75.7 cm³/mol. The van der Waals surface area contributed by atoms with Crippen LogP contribution in [0, 0.1) is 0 Å². The summed E-state index contributed by atoms with van der Waals surface area (Å²) < 4.78 is 5.37. The number of hydrogen-bond donors (Lipinski definition) is 2. The van der Waals surface area contributed by atoms with Gasteiger partial charge < -0.3 is 15.2 Å². The SMILES string of the molecule is COc1cc(NCC(O)CCl)cc2ccccc12. The van der Waals surface area contributed by atoms with Gasteiger partial charge in [0.2, 0.25) is 0 Å². The van der Waals surface area contributed by atoms with E-state index < -0.39 is 6.10 Å². The second-order valence-electron chi connectivity index (χ2n) is 4.09. The molecule has 1 atom stereocenters. The number of anilines is 1. The van der Waals surface area contributed by atoms with Crippen LogP contribution < -0.4 is 10.1 Å². The van der Waals surface area contributed by atoms with Gasteiger partial charge in [-0.05, 0) is 11.5 Å². The molecule has 96 valence electrons. The van der Waals surface area contributed by atoms with E-state index in [2.05, 4.69) is 5.32 Å². The number of rotatable bonds is 5. The van der Waals surface area contributed by atoms with Crippen molar-refractivity contribution < 1.29 is 9.84 Å². The smallest absolute Gasteiger partial charge is 0.128 e. The van der Waals surface area contributed by atoms with Crippen molar-refractivity contribution in [2.75, 3.05) is 24.9 Å². The quantitative estimate of drug-likeness (QED) is 0.817. The molecule has 0 fully saturated rings. The molecule has 0 heterocycles. The van der Waals surface area contributed by atoms with Crippen molar-refractivity contribution in [1.29, 1.82) is 0 Å². The molecule has 0 aliphatic rings. The van der Waals surface area contributed by atoms with E-state index in [0.29, 0.717) is 6.54 Å². The van der Waals surface area contributed by atoms with Gasteiger partial charge in [0.1, 0.15) is 5.75 Å². The summed E-state index contributed by atoms with van der Waals surface area (Å²) in [5.74, 6) is 1.04. The normalized spacial score (nSPS) is 12.4. The average molecular weight is 266 g/mol. The fourth-order valence-electron chi connectivity index (χ4n) is 1.84. The van der Waals surface area contributed by atoms with Gasteiger partial charge >= 0.3 is 0 Å². The second-order valence-corrected chi connectivity index (χ2v) is 4.40. The van der Waals surface area contributed by atoms with Crippen LogP contribution in [0.5, 0.6) is 5.75 Å². The van der Waals surface area contributed by atoms with Crippen LogP contribution in [0.15, 0.2) is 36.4 Å². The van der Waals surface area contributed by atoms with Gasteiger partial charge in [-0.3, -0.25) is 0 Å². The van der Waals surface area contributed by atoms with E-state index in [1.54, 1.807) is 7.11 Å². The first-order valence-electron chi connectivity index (χ1n) is 5.79. The highest BCUT2D eigenvalue weighted by molar-refractivity contribution is 6.18. The number of fused-ring (bicyclic) bond motifs is 1. The van der Waals surface area contributed by atoms with Crippen molar-refractivity contribution in [3.8, 4) is 5.75 Å². The predicted octanol–water partition coefficient (Wildman–Crippen LogP) is 2.86. The number of nitrogens with one attached hydrogen (secondary N) is 1. The summed E-state index contributed by atoms with van der Waals surface area (Å²) >= 11 is 5.56. The Kier molecular flexibility index (Phi) is 4.28. The summed E-state index contributed by atoms with van der Waals surface area (Å²) in [5, 5.41) is 14.8. The molecule has 0 spiro atoms. The maximum atomic E-state index is 9.43. The number of ether oxygens (including phenoxy) is 1. The molecule has 0 amide bonds. The first-order chi connectivity index (χ1) is 8.74. The van der Waals surface area contributed by atoms with Gasteiger partial charge in [-0.1, -0.05) is 24.3 Å². The van der Waals surface area contributed by atoms with Crippen molar-refractivity contribution >= 4 is 28.1 Å². The number of benzene rings is 2. The standard InChI is InChI=1S/C14H16ClNO2/c1-18-14-7-11(16-9-12(17)8-15)6-10-4-2-3-5-13(10)14/h2-7,12,16-17H,8-9H2,1H3. The lowest BCUT2D eigenvalue weighted by Gasteiger charge is -2.13. The lowest BCUT2D eigenvalue weighted by Crippen LogP contribution is -2.20. The first-order valence-corrected chi connectivity index (χ1v) is 6.32. The molecule has 2 aromatic rings. The lowest BCUT2D eigenvalue weighted by molar-refractivity contribution is 0.211. The van der Waals surface area contributed by atoms with Crippen LogP contribution in [0.3, 0.4) is 0 Å². The molecule has 18 heavy (non-hydrogen) atoms. The molecule has 0 aliphatic heterocycles. The highest BCUT2D eigenvalue weighted by atomic mass is 35.5. The Bertz CT molecular complexity index is 530. The number of aliphatic hydroxyl groups is 1. The lowest BCUT2D eigenvalue weighted by atomic mass is 10.1. The summed E-state index contributed by atoms with van der Waals surface area (Å²) in [5.41, 5.74) is 0.912. The highest BCUT2D eigenvalue weighted by Gasteiger charge is 2.06. The number of hydrogen-bond acceptors (Lipinski definition) is 3. The molecule has 0 saturated carbocycles. The third kappa shape index (κ3) is 2.86. The van der Waals surface area contributed by atoms with Gasteiger partial charge in [-0.15, -0.1) is 11.6 Å². The molecule has 0 radical (unpaired) electrons. The van der Waals surface area contributed by atoms with E-state index in [-0.39, 0.29) is 5.88 Å². The van der Waals surface area contributed by atoms with Crippen LogP contribution in [0.1, 0.15) is 0 Å². The van der Waals surface area contributed by atoms with Crippen molar-refractivity contribution in [2.45, 2.75) is 6.10 Å². The monoisotopic (exact) mass is 265 g/mol. The zero-order chi connectivity index (χ0) is 13.0. The maximum Gasteiger partial charge on any atom is 0.128 e. The van der Waals surface area contributed by atoms with Gasteiger partial charge in [0.25, 0.3) is 0 Å². The molecule has 0 aliphatic carbocycles. The topological polar surface area (TPSA) is 41.5 Å². The fourth-order valence-corrected chi connectivity index (χ4v) is 1.95. The number of aliphatic hydroxyl groups excluding tert-OH is 1. The van der Waals surface area contributed by atoms with Crippen LogP contribution >= 0.6 is 11.6 Å². The molecule has 0 aromatic heterocycles. The third-order valence-electron chi connectivity index (χ3n) is 2.76. The summed E-state index contributed by atoms with van der Waals surface area (Å²) in [4.78, 5) is 0. The van der Waals surface area contributed by atoms with Gasteiger partial charge in [-0.2, -0.15) is 0 Å². The van der Waals surface area contributed by atoms with Crippen LogP contribution in [-0.2, 0) is 0 Å². The summed E-state index contributed by atoms with van der Waals surface area (Å²) in [6, 6.07) is 12.0. The van der Waals surface area contributed by atoms with Crippen molar-refractivity contribution in [2.24, 2.45) is 0 Å². The summed E-state index contributed by atoms with van der Waals surface area (Å²) in [6.07, 6.45) is -0.552. The summed E-state index contributed by atoms with van der Waals surface area (Å²) in [6.45, 7) is 0.422. The average Bonchev–Trinajstić information content (AvgIpc) is 2.43. The molecule has 0 bridgehead atoms. The largest absolute Gasteiger partial charge is 0.496 e. The zero-order valence-electron chi connectivity index (χ0n) is 10.2. The molecule has 0 saturated heterocycles. The van der Waals surface area contributed by atoms with E-state index in [1.807, 2.05) is 36.4 Å². The van der Waals surface area contributed by atoms with E-state index in [4.69, 9.17) is 16.3 Å². The molecule has 1 unspecified atom stereocenters. The van der Waals surface area contributed by atoms with E-state index in [1.165, 1.54) is 0 Å². The Morgan fingerprint density at radius 1 is 1.33 bits per heavy atom. The summed E-state index contributed by atoms with van der Waals surface area (Å²) in [7, 11) is 1.65. The first kappa shape index (κ1) is 13.0. The van der Waals surface area contributed by atoms with Crippen LogP contribution in [0.25, 0.3) is 10.8 Å². The zero-order valence-corrected chi connectivity index (χ0v) is 10.9. The van der Waals surface area contributed by atoms with E-state index in [0.717, 1.165) is 22.2 Å².